The summed E-state index contributed by atoms with van der Waals surface area (Å²) in [7, 11) is 0. The van der Waals surface area contributed by atoms with Crippen molar-refractivity contribution in [3.8, 4) is 0 Å². The Labute approximate surface area is 96.0 Å². The van der Waals surface area contributed by atoms with Crippen LogP contribution in [-0.2, 0) is 0 Å². The lowest BCUT2D eigenvalue weighted by Gasteiger charge is -2.14. The van der Waals surface area contributed by atoms with E-state index in [4.69, 9.17) is 0 Å². The van der Waals surface area contributed by atoms with Gasteiger partial charge in [0.05, 0.1) is 0 Å². The smallest absolute Gasteiger partial charge is 0.102 e. The van der Waals surface area contributed by atoms with Crippen molar-refractivity contribution < 1.29 is 0 Å². The van der Waals surface area contributed by atoms with Gasteiger partial charge < -0.3 is 5.32 Å². The number of thioether (sulfide) groups is 1. The molecule has 1 aliphatic heterocycles. The third-order valence-electron chi connectivity index (χ3n) is 2.62. The van der Waals surface area contributed by atoms with E-state index in [2.05, 4.69) is 55.8 Å². The minimum atomic E-state index is 0.406. The van der Waals surface area contributed by atoms with Gasteiger partial charge in [0.2, 0.25) is 0 Å². The summed E-state index contributed by atoms with van der Waals surface area (Å²) in [6.45, 7) is 6.58. The van der Waals surface area contributed by atoms with Gasteiger partial charge in [0.15, 0.2) is 0 Å². The van der Waals surface area contributed by atoms with Crippen LogP contribution in [0.4, 0.5) is 0 Å². The van der Waals surface area contributed by atoms with E-state index in [9.17, 15) is 0 Å². The molecule has 80 valence electrons. The van der Waals surface area contributed by atoms with E-state index >= 15 is 0 Å². The van der Waals surface area contributed by atoms with Gasteiger partial charge in [0.25, 0.3) is 0 Å². The predicted octanol–water partition coefficient (Wildman–Crippen LogP) is 4.01. The molecule has 1 aromatic carbocycles. The van der Waals surface area contributed by atoms with Gasteiger partial charge >= 0.3 is 0 Å². The van der Waals surface area contributed by atoms with E-state index in [1.54, 1.807) is 0 Å². The van der Waals surface area contributed by atoms with Gasteiger partial charge in [-0.2, -0.15) is 0 Å². The minimum absolute atomic E-state index is 0.406. The van der Waals surface area contributed by atoms with Crippen LogP contribution in [0.2, 0.25) is 0 Å². The Hall–Kier alpha value is -0.890. The molecule has 0 saturated heterocycles. The molecule has 2 heteroatoms. The second kappa shape index (κ2) is 4.31. The SMILES string of the molecule is CC1=CSC(c2cccc(C(C)C)c2)N1. The molecule has 1 aromatic rings. The summed E-state index contributed by atoms with van der Waals surface area (Å²) in [5.74, 6) is 0.602. The molecule has 1 heterocycles. The lowest BCUT2D eigenvalue weighted by molar-refractivity contribution is 0.801. The molecule has 0 aromatic heterocycles. The second-order valence-electron chi connectivity index (χ2n) is 4.29. The largest absolute Gasteiger partial charge is 0.372 e. The zero-order valence-corrected chi connectivity index (χ0v) is 10.3. The van der Waals surface area contributed by atoms with Gasteiger partial charge in [-0.15, -0.1) is 11.8 Å². The van der Waals surface area contributed by atoms with Crippen LogP contribution >= 0.6 is 11.8 Å². The van der Waals surface area contributed by atoms with Gasteiger partial charge in [-0.05, 0) is 29.4 Å². The Kier molecular flexibility index (Phi) is 3.06. The average Bonchev–Trinajstić information content (AvgIpc) is 2.65. The lowest BCUT2D eigenvalue weighted by atomic mass is 10.0. The minimum Gasteiger partial charge on any atom is -0.372 e. The Morgan fingerprint density at radius 1 is 1.33 bits per heavy atom. The zero-order chi connectivity index (χ0) is 10.8. The van der Waals surface area contributed by atoms with Crippen LogP contribution in [0.25, 0.3) is 0 Å². The molecular weight excluding hydrogens is 202 g/mol. The highest BCUT2D eigenvalue weighted by Gasteiger charge is 2.16. The topological polar surface area (TPSA) is 12.0 Å². The highest BCUT2D eigenvalue weighted by molar-refractivity contribution is 8.02. The van der Waals surface area contributed by atoms with Crippen molar-refractivity contribution in [1.29, 1.82) is 0 Å². The van der Waals surface area contributed by atoms with Gasteiger partial charge in [0, 0.05) is 5.70 Å². The Morgan fingerprint density at radius 3 is 2.73 bits per heavy atom. The molecule has 0 amide bonds. The molecule has 1 nitrogen and oxygen atoms in total. The first-order valence-electron chi connectivity index (χ1n) is 5.35. The van der Waals surface area contributed by atoms with Gasteiger partial charge in [-0.25, -0.2) is 0 Å². The van der Waals surface area contributed by atoms with Gasteiger partial charge in [-0.1, -0.05) is 38.1 Å². The lowest BCUT2D eigenvalue weighted by Crippen LogP contribution is -2.11. The first kappa shape index (κ1) is 10.6. The fraction of sp³-hybridized carbons (Fsp3) is 0.385. The maximum Gasteiger partial charge on any atom is 0.102 e. The monoisotopic (exact) mass is 219 g/mol. The molecule has 1 N–H and O–H groups in total. The maximum absolute atomic E-state index is 3.46. The van der Waals surface area contributed by atoms with Crippen LogP contribution in [0.15, 0.2) is 35.4 Å². The molecule has 0 spiro atoms. The fourth-order valence-electron chi connectivity index (χ4n) is 1.69. The van der Waals surface area contributed by atoms with Crippen LogP contribution < -0.4 is 5.32 Å². The first-order chi connectivity index (χ1) is 7.16. The van der Waals surface area contributed by atoms with Gasteiger partial charge in [0.1, 0.15) is 5.37 Å². The Bertz CT molecular complexity index is 382. The number of allylic oxidation sites excluding steroid dienone is 1. The summed E-state index contributed by atoms with van der Waals surface area (Å²) in [4.78, 5) is 0. The van der Waals surface area contributed by atoms with E-state index in [1.165, 1.54) is 16.8 Å². The number of hydrogen-bond donors (Lipinski definition) is 1. The fourth-order valence-corrected chi connectivity index (χ4v) is 2.65. The average molecular weight is 219 g/mol. The molecule has 1 atom stereocenters. The first-order valence-corrected chi connectivity index (χ1v) is 6.29. The Balaban J connectivity index is 2.19. The molecule has 2 rings (SSSR count). The second-order valence-corrected chi connectivity index (χ2v) is 5.27. The number of hydrogen-bond acceptors (Lipinski definition) is 2. The summed E-state index contributed by atoms with van der Waals surface area (Å²) >= 11 is 1.85. The molecule has 0 fully saturated rings. The summed E-state index contributed by atoms with van der Waals surface area (Å²) in [5.41, 5.74) is 4.05. The Morgan fingerprint density at radius 2 is 2.13 bits per heavy atom. The molecule has 1 unspecified atom stereocenters. The van der Waals surface area contributed by atoms with E-state index in [-0.39, 0.29) is 0 Å². The summed E-state index contributed by atoms with van der Waals surface area (Å²) < 4.78 is 0. The van der Waals surface area contributed by atoms with E-state index < -0.39 is 0 Å². The summed E-state index contributed by atoms with van der Waals surface area (Å²) in [6, 6.07) is 8.86. The number of rotatable bonds is 2. The van der Waals surface area contributed by atoms with Crippen molar-refractivity contribution in [3.63, 3.8) is 0 Å². The van der Waals surface area contributed by atoms with Crippen molar-refractivity contribution in [3.05, 3.63) is 46.5 Å². The molecule has 0 saturated carbocycles. The summed E-state index contributed by atoms with van der Waals surface area (Å²) in [6.07, 6.45) is 0. The van der Waals surface area contributed by atoms with Crippen LogP contribution in [-0.4, -0.2) is 0 Å². The van der Waals surface area contributed by atoms with Crippen LogP contribution in [0, 0.1) is 0 Å². The van der Waals surface area contributed by atoms with Crippen molar-refractivity contribution >= 4 is 11.8 Å². The van der Waals surface area contributed by atoms with Crippen molar-refractivity contribution in [2.75, 3.05) is 0 Å². The molecule has 1 aliphatic rings. The van der Waals surface area contributed by atoms with E-state index in [1.807, 2.05) is 11.8 Å². The maximum atomic E-state index is 3.46. The highest BCUT2D eigenvalue weighted by atomic mass is 32.2. The summed E-state index contributed by atoms with van der Waals surface area (Å²) in [5, 5.41) is 6.05. The predicted molar refractivity (Wildman–Crippen MR) is 67.8 cm³/mol. The van der Waals surface area contributed by atoms with Crippen molar-refractivity contribution in [2.45, 2.75) is 32.1 Å². The van der Waals surface area contributed by atoms with Crippen LogP contribution in [0.5, 0.6) is 0 Å². The molecule has 0 radical (unpaired) electrons. The normalized spacial score (nSPS) is 20.3. The van der Waals surface area contributed by atoms with Gasteiger partial charge in [-0.3, -0.25) is 0 Å². The standard InChI is InChI=1S/C13H17NS/c1-9(2)11-5-4-6-12(7-11)13-14-10(3)8-15-13/h4-9,13-14H,1-3H3. The van der Waals surface area contributed by atoms with Crippen molar-refractivity contribution in [1.82, 2.24) is 5.32 Å². The van der Waals surface area contributed by atoms with Crippen LogP contribution in [0.3, 0.4) is 0 Å². The zero-order valence-electron chi connectivity index (χ0n) is 9.45. The molecule has 0 bridgehead atoms. The highest BCUT2D eigenvalue weighted by Crippen LogP contribution is 2.34. The van der Waals surface area contributed by atoms with E-state index in [0.29, 0.717) is 11.3 Å². The molecule has 15 heavy (non-hydrogen) atoms. The molecule has 0 aliphatic carbocycles. The molecular formula is C13H17NS. The third kappa shape index (κ3) is 2.37. The van der Waals surface area contributed by atoms with Crippen LogP contribution in [0.1, 0.15) is 43.2 Å². The van der Waals surface area contributed by atoms with Crippen molar-refractivity contribution in [2.24, 2.45) is 0 Å². The van der Waals surface area contributed by atoms with E-state index in [0.717, 1.165) is 0 Å². The number of benzene rings is 1. The third-order valence-corrected chi connectivity index (χ3v) is 3.77. The number of nitrogens with one attached hydrogen (secondary N) is 1. The quantitative estimate of drug-likeness (QED) is 0.806.